The highest BCUT2D eigenvalue weighted by Gasteiger charge is 2.23. The molecule has 0 amide bonds. The first-order valence-electron chi connectivity index (χ1n) is 5.55. The number of aromatic nitrogens is 1. The van der Waals surface area contributed by atoms with Gasteiger partial charge in [0.25, 0.3) is 0 Å². The Labute approximate surface area is 95.5 Å². The first kappa shape index (κ1) is 11.0. The third-order valence-corrected chi connectivity index (χ3v) is 2.51. The van der Waals surface area contributed by atoms with Crippen LogP contribution in [0.2, 0.25) is 0 Å². The van der Waals surface area contributed by atoms with Gasteiger partial charge in [-0.15, -0.1) is 0 Å². The summed E-state index contributed by atoms with van der Waals surface area (Å²) in [6.45, 7) is 5.63. The van der Waals surface area contributed by atoms with E-state index in [4.69, 9.17) is 4.74 Å². The number of ether oxygens (including phenoxy) is 1. The highest BCUT2D eigenvalue weighted by molar-refractivity contribution is 5.90. The van der Waals surface area contributed by atoms with Crippen molar-refractivity contribution < 1.29 is 9.53 Å². The summed E-state index contributed by atoms with van der Waals surface area (Å²) in [5.41, 5.74) is 2.44. The van der Waals surface area contributed by atoms with Crippen molar-refractivity contribution in [2.24, 2.45) is 0 Å². The number of rotatable bonds is 1. The van der Waals surface area contributed by atoms with E-state index in [1.807, 2.05) is 27.0 Å². The molecule has 0 radical (unpaired) electrons. The summed E-state index contributed by atoms with van der Waals surface area (Å²) in [5, 5.41) is 0. The largest absolute Gasteiger partial charge is 0.455 e. The number of fused-ring (bicyclic) bond motifs is 1. The van der Waals surface area contributed by atoms with E-state index in [9.17, 15) is 4.79 Å². The van der Waals surface area contributed by atoms with Crippen LogP contribution in [-0.2, 0) is 17.6 Å². The summed E-state index contributed by atoms with van der Waals surface area (Å²) in [7, 11) is 0. The minimum absolute atomic E-state index is 0.260. The normalized spacial score (nSPS) is 14.7. The molecule has 2 rings (SSSR count). The maximum atomic E-state index is 11.9. The van der Waals surface area contributed by atoms with Gasteiger partial charge >= 0.3 is 5.97 Å². The predicted octanol–water partition coefficient (Wildman–Crippen LogP) is 2.62. The van der Waals surface area contributed by atoms with Gasteiger partial charge < -0.3 is 9.72 Å². The van der Waals surface area contributed by atoms with Crippen LogP contribution in [0.15, 0.2) is 18.3 Å². The van der Waals surface area contributed by atoms with E-state index in [1.54, 1.807) is 0 Å². The summed E-state index contributed by atoms with van der Waals surface area (Å²) in [5.74, 6) is -0.260. The fourth-order valence-corrected chi connectivity index (χ4v) is 1.83. The molecule has 0 saturated carbocycles. The van der Waals surface area contributed by atoms with Crippen LogP contribution >= 0.6 is 0 Å². The molecule has 1 aliphatic carbocycles. The predicted molar refractivity (Wildman–Crippen MR) is 62.5 cm³/mol. The van der Waals surface area contributed by atoms with Crippen LogP contribution in [0.4, 0.5) is 0 Å². The quantitative estimate of drug-likeness (QED) is 0.582. The minimum Gasteiger partial charge on any atom is -0.455 e. The van der Waals surface area contributed by atoms with E-state index < -0.39 is 5.60 Å². The summed E-state index contributed by atoms with van der Waals surface area (Å²) in [4.78, 5) is 14.9. The number of aromatic amines is 1. The van der Waals surface area contributed by atoms with Gasteiger partial charge in [0, 0.05) is 6.20 Å². The van der Waals surface area contributed by atoms with Gasteiger partial charge in [0.2, 0.25) is 0 Å². The molecule has 0 saturated heterocycles. The molecule has 0 spiro atoms. The van der Waals surface area contributed by atoms with Gasteiger partial charge in [-0.2, -0.15) is 0 Å². The van der Waals surface area contributed by atoms with Crippen molar-refractivity contribution in [2.45, 2.75) is 39.2 Å². The van der Waals surface area contributed by atoms with Crippen LogP contribution in [0.5, 0.6) is 0 Å². The highest BCUT2D eigenvalue weighted by atomic mass is 16.6. The molecule has 16 heavy (non-hydrogen) atoms. The van der Waals surface area contributed by atoms with Crippen molar-refractivity contribution in [2.75, 3.05) is 0 Å². The molecule has 86 valence electrons. The van der Waals surface area contributed by atoms with Crippen molar-refractivity contribution in [1.82, 2.24) is 4.98 Å². The minimum atomic E-state index is -0.445. The second-order valence-corrected chi connectivity index (χ2v) is 5.05. The first-order valence-corrected chi connectivity index (χ1v) is 5.55. The maximum absolute atomic E-state index is 11.9. The molecule has 0 fully saturated rings. The van der Waals surface area contributed by atoms with Gasteiger partial charge in [0.1, 0.15) is 11.3 Å². The smallest absolute Gasteiger partial charge is 0.355 e. The van der Waals surface area contributed by atoms with Gasteiger partial charge in [-0.1, -0.05) is 12.2 Å². The topological polar surface area (TPSA) is 42.1 Å². The van der Waals surface area contributed by atoms with Gasteiger partial charge in [0.15, 0.2) is 0 Å². The molecule has 1 aliphatic rings. The number of allylic oxidation sites excluding steroid dienone is 2. The Balaban J connectivity index is 2.22. The third-order valence-electron chi connectivity index (χ3n) is 2.51. The Morgan fingerprint density at radius 1 is 1.31 bits per heavy atom. The average Bonchev–Trinajstić information content (AvgIpc) is 2.58. The fourth-order valence-electron chi connectivity index (χ4n) is 1.83. The summed E-state index contributed by atoms with van der Waals surface area (Å²) >= 11 is 0. The molecular formula is C13H17NO2. The number of carbonyl (C=O) groups excluding carboxylic acids is 1. The van der Waals surface area contributed by atoms with Gasteiger partial charge in [0.05, 0.1) is 0 Å². The second kappa shape index (κ2) is 3.81. The molecule has 1 heterocycles. The zero-order valence-corrected chi connectivity index (χ0v) is 9.96. The van der Waals surface area contributed by atoms with Crippen molar-refractivity contribution in [3.05, 3.63) is 35.2 Å². The fraction of sp³-hybridized carbons (Fsp3) is 0.462. The Bertz CT molecular complexity index is 435. The van der Waals surface area contributed by atoms with Crippen molar-refractivity contribution >= 4 is 5.97 Å². The standard InChI is InChI=1S/C13H17NO2/c1-13(2,3)16-12(15)11-10-7-5-4-6-9(10)8-14-11/h4-5,8,14H,6-7H2,1-3H3. The van der Waals surface area contributed by atoms with Crippen molar-refractivity contribution in [1.29, 1.82) is 0 Å². The lowest BCUT2D eigenvalue weighted by molar-refractivity contribution is 0.00625. The van der Waals surface area contributed by atoms with Crippen LogP contribution < -0.4 is 0 Å². The number of nitrogens with one attached hydrogen (secondary N) is 1. The Morgan fingerprint density at radius 3 is 2.69 bits per heavy atom. The number of hydrogen-bond donors (Lipinski definition) is 1. The molecule has 1 aromatic heterocycles. The molecule has 0 unspecified atom stereocenters. The van der Waals surface area contributed by atoms with E-state index in [1.165, 1.54) is 5.56 Å². The third kappa shape index (κ3) is 2.18. The highest BCUT2D eigenvalue weighted by Crippen LogP contribution is 2.22. The number of esters is 1. The van der Waals surface area contributed by atoms with Gasteiger partial charge in [-0.05, 0) is 44.7 Å². The summed E-state index contributed by atoms with van der Waals surface area (Å²) < 4.78 is 5.35. The Hall–Kier alpha value is -1.51. The van der Waals surface area contributed by atoms with Gasteiger partial charge in [-0.3, -0.25) is 0 Å². The summed E-state index contributed by atoms with van der Waals surface area (Å²) in [6, 6.07) is 0. The Kier molecular flexibility index (Phi) is 2.62. The molecule has 3 nitrogen and oxygen atoms in total. The molecule has 1 N–H and O–H groups in total. The zero-order valence-electron chi connectivity index (χ0n) is 9.96. The molecule has 3 heteroatoms. The lowest BCUT2D eigenvalue weighted by atomic mass is 9.99. The lowest BCUT2D eigenvalue weighted by Crippen LogP contribution is -2.24. The first-order chi connectivity index (χ1) is 7.47. The van der Waals surface area contributed by atoms with E-state index in [0.29, 0.717) is 5.69 Å². The van der Waals surface area contributed by atoms with E-state index in [0.717, 1.165) is 18.4 Å². The number of hydrogen-bond acceptors (Lipinski definition) is 2. The van der Waals surface area contributed by atoms with Crippen molar-refractivity contribution in [3.8, 4) is 0 Å². The van der Waals surface area contributed by atoms with Crippen LogP contribution in [0, 0.1) is 0 Å². The number of H-pyrrole nitrogens is 1. The molecule has 0 bridgehead atoms. The molecule has 0 aromatic carbocycles. The maximum Gasteiger partial charge on any atom is 0.355 e. The molecule has 0 aliphatic heterocycles. The zero-order chi connectivity index (χ0) is 11.8. The average molecular weight is 219 g/mol. The molecular weight excluding hydrogens is 202 g/mol. The van der Waals surface area contributed by atoms with Crippen LogP contribution in [0.3, 0.4) is 0 Å². The van der Waals surface area contributed by atoms with E-state index in [2.05, 4.69) is 17.1 Å². The molecule has 1 aromatic rings. The van der Waals surface area contributed by atoms with E-state index in [-0.39, 0.29) is 5.97 Å². The van der Waals surface area contributed by atoms with E-state index >= 15 is 0 Å². The molecule has 0 atom stereocenters. The summed E-state index contributed by atoms with van der Waals surface area (Å²) in [6.07, 6.45) is 7.82. The Morgan fingerprint density at radius 2 is 2.00 bits per heavy atom. The van der Waals surface area contributed by atoms with Crippen LogP contribution in [-0.4, -0.2) is 16.6 Å². The lowest BCUT2D eigenvalue weighted by Gasteiger charge is -2.19. The van der Waals surface area contributed by atoms with Crippen LogP contribution in [0.1, 0.15) is 42.4 Å². The second-order valence-electron chi connectivity index (χ2n) is 5.05. The number of carbonyl (C=O) groups is 1. The van der Waals surface area contributed by atoms with Crippen molar-refractivity contribution in [3.63, 3.8) is 0 Å². The van der Waals surface area contributed by atoms with Crippen LogP contribution in [0.25, 0.3) is 0 Å². The monoisotopic (exact) mass is 219 g/mol. The SMILES string of the molecule is CC(C)(C)OC(=O)c1[nH]cc2c1CC=CC2. The van der Waals surface area contributed by atoms with Gasteiger partial charge in [-0.25, -0.2) is 4.79 Å².